The summed E-state index contributed by atoms with van der Waals surface area (Å²) in [5.41, 5.74) is 6.39. The van der Waals surface area contributed by atoms with Crippen molar-refractivity contribution in [3.63, 3.8) is 0 Å². The zero-order valence-corrected chi connectivity index (χ0v) is 19.4. The maximum atomic E-state index is 5.91. The second-order valence-electron chi connectivity index (χ2n) is 8.36. The first-order valence-electron chi connectivity index (χ1n) is 11.6. The maximum absolute atomic E-state index is 5.91. The SMILES string of the molecule is Cc1cccc(CC(C)OCCNCCOCc2ccc(-c3nc4ccccc4o3)cc2)c1. The van der Waals surface area contributed by atoms with Crippen LogP contribution in [0.5, 0.6) is 0 Å². The molecule has 1 aromatic heterocycles. The van der Waals surface area contributed by atoms with E-state index in [0.29, 0.717) is 25.7 Å². The van der Waals surface area contributed by atoms with Gasteiger partial charge in [-0.25, -0.2) is 4.98 Å². The highest BCUT2D eigenvalue weighted by molar-refractivity contribution is 5.75. The van der Waals surface area contributed by atoms with E-state index in [0.717, 1.165) is 41.7 Å². The van der Waals surface area contributed by atoms with E-state index in [1.807, 2.05) is 36.4 Å². The predicted molar refractivity (Wildman–Crippen MR) is 132 cm³/mol. The molecule has 0 aliphatic carbocycles. The Bertz CT molecular complexity index is 1100. The molecule has 0 amide bonds. The van der Waals surface area contributed by atoms with Crippen molar-refractivity contribution in [2.45, 2.75) is 33.0 Å². The molecule has 172 valence electrons. The molecule has 0 spiro atoms. The molecule has 1 heterocycles. The quantitative estimate of drug-likeness (QED) is 0.290. The van der Waals surface area contributed by atoms with Gasteiger partial charge in [0.25, 0.3) is 0 Å². The molecule has 4 rings (SSSR count). The minimum absolute atomic E-state index is 0.211. The number of fused-ring (bicyclic) bond motifs is 1. The first kappa shape index (κ1) is 23.2. The van der Waals surface area contributed by atoms with Gasteiger partial charge in [-0.3, -0.25) is 0 Å². The second kappa shape index (κ2) is 11.8. The Labute approximate surface area is 195 Å². The number of hydrogen-bond donors (Lipinski definition) is 1. The van der Waals surface area contributed by atoms with E-state index in [9.17, 15) is 0 Å². The minimum atomic E-state index is 0.211. The van der Waals surface area contributed by atoms with Crippen LogP contribution in [0.25, 0.3) is 22.6 Å². The molecule has 4 aromatic rings. The largest absolute Gasteiger partial charge is 0.436 e. The van der Waals surface area contributed by atoms with Crippen LogP contribution in [0.15, 0.2) is 77.2 Å². The smallest absolute Gasteiger partial charge is 0.227 e. The lowest BCUT2D eigenvalue weighted by Crippen LogP contribution is -2.26. The van der Waals surface area contributed by atoms with Crippen molar-refractivity contribution in [2.75, 3.05) is 26.3 Å². The van der Waals surface area contributed by atoms with Crippen LogP contribution >= 0.6 is 0 Å². The summed E-state index contributed by atoms with van der Waals surface area (Å²) in [6.45, 7) is 7.81. The monoisotopic (exact) mass is 444 g/mol. The summed E-state index contributed by atoms with van der Waals surface area (Å²) in [6.07, 6.45) is 1.15. The van der Waals surface area contributed by atoms with Crippen LogP contribution in [0.1, 0.15) is 23.6 Å². The van der Waals surface area contributed by atoms with Crippen molar-refractivity contribution in [3.05, 3.63) is 89.5 Å². The lowest BCUT2D eigenvalue weighted by atomic mass is 10.1. The highest BCUT2D eigenvalue weighted by Crippen LogP contribution is 2.24. The fourth-order valence-corrected chi connectivity index (χ4v) is 3.76. The summed E-state index contributed by atoms with van der Waals surface area (Å²) in [7, 11) is 0. The number of aryl methyl sites for hydroxylation is 1. The summed E-state index contributed by atoms with van der Waals surface area (Å²) in [6, 6.07) is 24.6. The fourth-order valence-electron chi connectivity index (χ4n) is 3.76. The van der Waals surface area contributed by atoms with Gasteiger partial charge in [-0.2, -0.15) is 0 Å². The Morgan fingerprint density at radius 3 is 2.55 bits per heavy atom. The summed E-state index contributed by atoms with van der Waals surface area (Å²) in [5, 5.41) is 3.37. The third-order valence-corrected chi connectivity index (χ3v) is 5.47. The third-order valence-electron chi connectivity index (χ3n) is 5.47. The lowest BCUT2D eigenvalue weighted by molar-refractivity contribution is 0.0659. The zero-order chi connectivity index (χ0) is 22.9. The molecule has 33 heavy (non-hydrogen) atoms. The number of nitrogens with one attached hydrogen (secondary N) is 1. The molecule has 5 nitrogen and oxygen atoms in total. The molecule has 0 aliphatic heterocycles. The van der Waals surface area contributed by atoms with Crippen LogP contribution in [-0.2, 0) is 22.5 Å². The van der Waals surface area contributed by atoms with Crippen molar-refractivity contribution < 1.29 is 13.9 Å². The Balaban J connectivity index is 1.08. The number of ether oxygens (including phenoxy) is 2. The highest BCUT2D eigenvalue weighted by Gasteiger charge is 2.07. The topological polar surface area (TPSA) is 56.5 Å². The van der Waals surface area contributed by atoms with E-state index >= 15 is 0 Å². The number of nitrogens with zero attached hydrogens (tertiary/aromatic N) is 1. The first-order chi connectivity index (χ1) is 16.2. The summed E-state index contributed by atoms with van der Waals surface area (Å²) >= 11 is 0. The van der Waals surface area contributed by atoms with Gasteiger partial charge in [-0.15, -0.1) is 0 Å². The summed E-state index contributed by atoms with van der Waals surface area (Å²) < 4.78 is 17.5. The van der Waals surface area contributed by atoms with E-state index < -0.39 is 0 Å². The Kier molecular flexibility index (Phi) is 8.25. The van der Waals surface area contributed by atoms with Crippen molar-refractivity contribution >= 4 is 11.1 Å². The van der Waals surface area contributed by atoms with Crippen LogP contribution in [0.4, 0.5) is 0 Å². The van der Waals surface area contributed by atoms with Crippen molar-refractivity contribution in [3.8, 4) is 11.5 Å². The molecular weight excluding hydrogens is 412 g/mol. The average Bonchev–Trinajstić information content (AvgIpc) is 3.25. The predicted octanol–water partition coefficient (Wildman–Crippen LogP) is 5.56. The minimum Gasteiger partial charge on any atom is -0.436 e. The Morgan fingerprint density at radius 2 is 1.73 bits per heavy atom. The van der Waals surface area contributed by atoms with Crippen LogP contribution in [0.2, 0.25) is 0 Å². The van der Waals surface area contributed by atoms with Gasteiger partial charge < -0.3 is 19.2 Å². The standard InChI is InChI=1S/C28H32N2O3/c1-21-6-5-7-24(18-21)19-22(2)32-17-15-29-14-16-31-20-23-10-12-25(13-11-23)28-30-26-8-3-4-9-27(26)33-28/h3-13,18,22,29H,14-17,19-20H2,1-2H3. The molecule has 1 N–H and O–H groups in total. The second-order valence-corrected chi connectivity index (χ2v) is 8.36. The van der Waals surface area contributed by atoms with Gasteiger partial charge in [0, 0.05) is 18.7 Å². The molecule has 3 aromatic carbocycles. The highest BCUT2D eigenvalue weighted by atomic mass is 16.5. The fraction of sp³-hybridized carbons (Fsp3) is 0.321. The Morgan fingerprint density at radius 1 is 0.909 bits per heavy atom. The number of aromatic nitrogens is 1. The van der Waals surface area contributed by atoms with Crippen molar-refractivity contribution in [2.24, 2.45) is 0 Å². The third kappa shape index (κ3) is 6.99. The zero-order valence-electron chi connectivity index (χ0n) is 19.4. The van der Waals surface area contributed by atoms with Gasteiger partial charge >= 0.3 is 0 Å². The maximum Gasteiger partial charge on any atom is 0.227 e. The number of hydrogen-bond acceptors (Lipinski definition) is 5. The van der Waals surface area contributed by atoms with E-state index in [-0.39, 0.29) is 6.10 Å². The molecule has 0 aliphatic rings. The number of rotatable bonds is 12. The van der Waals surface area contributed by atoms with E-state index in [1.54, 1.807) is 0 Å². The molecular formula is C28H32N2O3. The van der Waals surface area contributed by atoms with Crippen LogP contribution in [0, 0.1) is 6.92 Å². The molecule has 1 atom stereocenters. The number of para-hydroxylation sites is 2. The molecule has 0 saturated heterocycles. The molecule has 0 bridgehead atoms. The molecule has 5 heteroatoms. The summed E-state index contributed by atoms with van der Waals surface area (Å²) in [4.78, 5) is 4.54. The number of oxazole rings is 1. The van der Waals surface area contributed by atoms with Gasteiger partial charge in [0.2, 0.25) is 5.89 Å². The van der Waals surface area contributed by atoms with Gasteiger partial charge in [0.15, 0.2) is 5.58 Å². The van der Waals surface area contributed by atoms with Crippen LogP contribution in [-0.4, -0.2) is 37.4 Å². The summed E-state index contributed by atoms with van der Waals surface area (Å²) in [5.74, 6) is 0.642. The normalized spacial score (nSPS) is 12.3. The van der Waals surface area contributed by atoms with E-state index in [1.165, 1.54) is 11.1 Å². The molecule has 1 unspecified atom stereocenters. The van der Waals surface area contributed by atoms with Gasteiger partial charge in [-0.05, 0) is 55.7 Å². The van der Waals surface area contributed by atoms with Crippen molar-refractivity contribution in [1.82, 2.24) is 10.3 Å². The van der Waals surface area contributed by atoms with E-state index in [4.69, 9.17) is 13.9 Å². The molecule has 0 fully saturated rings. The van der Waals surface area contributed by atoms with Gasteiger partial charge in [0.05, 0.1) is 25.9 Å². The van der Waals surface area contributed by atoms with Gasteiger partial charge in [0.1, 0.15) is 5.52 Å². The average molecular weight is 445 g/mol. The van der Waals surface area contributed by atoms with E-state index in [2.05, 4.69) is 60.5 Å². The molecule has 0 saturated carbocycles. The Hall–Kier alpha value is -2.99. The lowest BCUT2D eigenvalue weighted by Gasteiger charge is -2.14. The van der Waals surface area contributed by atoms with Crippen LogP contribution < -0.4 is 5.32 Å². The van der Waals surface area contributed by atoms with Crippen LogP contribution in [0.3, 0.4) is 0 Å². The van der Waals surface area contributed by atoms with Crippen molar-refractivity contribution in [1.29, 1.82) is 0 Å². The van der Waals surface area contributed by atoms with Gasteiger partial charge in [-0.1, -0.05) is 54.1 Å². The first-order valence-corrected chi connectivity index (χ1v) is 11.6. The molecule has 0 radical (unpaired) electrons. The number of benzene rings is 3.